The van der Waals surface area contributed by atoms with Crippen LogP contribution >= 0.6 is 11.3 Å². The standard InChI is InChI=1S/C12H13N5S/c1-13-7-6-9-4-2-3-5-10(9)11-16-17-8-14-15-12(17)18-11/h2-5,8,13H,6-7H2,1H3. The number of nitrogens with zero attached hydrogens (tertiary/aromatic N) is 4. The molecule has 6 heteroatoms. The molecule has 0 aliphatic heterocycles. The number of hydrogen-bond acceptors (Lipinski definition) is 5. The molecular weight excluding hydrogens is 246 g/mol. The SMILES string of the molecule is CNCCc1ccccc1-c1nn2cnnc2s1. The second-order valence-electron chi connectivity index (χ2n) is 3.98. The van der Waals surface area contributed by atoms with E-state index in [1.165, 1.54) is 11.1 Å². The molecule has 92 valence electrons. The second kappa shape index (κ2) is 4.83. The molecule has 0 amide bonds. The van der Waals surface area contributed by atoms with Crippen molar-refractivity contribution < 1.29 is 0 Å². The number of hydrogen-bond donors (Lipinski definition) is 1. The van der Waals surface area contributed by atoms with Gasteiger partial charge in [-0.15, -0.1) is 10.2 Å². The fraction of sp³-hybridized carbons (Fsp3) is 0.250. The Bertz CT molecular complexity index is 629. The first-order valence-corrected chi connectivity index (χ1v) is 6.60. The van der Waals surface area contributed by atoms with Gasteiger partial charge < -0.3 is 5.32 Å². The van der Waals surface area contributed by atoms with E-state index in [9.17, 15) is 0 Å². The molecule has 0 bridgehead atoms. The Balaban J connectivity index is 2.02. The van der Waals surface area contributed by atoms with Crippen LogP contribution in [-0.2, 0) is 6.42 Å². The van der Waals surface area contributed by atoms with Crippen molar-refractivity contribution in [1.29, 1.82) is 0 Å². The van der Waals surface area contributed by atoms with Gasteiger partial charge in [0.1, 0.15) is 11.3 Å². The van der Waals surface area contributed by atoms with E-state index in [-0.39, 0.29) is 0 Å². The van der Waals surface area contributed by atoms with Crippen molar-refractivity contribution in [3.05, 3.63) is 36.2 Å². The van der Waals surface area contributed by atoms with Crippen LogP contribution in [0.3, 0.4) is 0 Å². The van der Waals surface area contributed by atoms with E-state index in [0.717, 1.165) is 22.9 Å². The number of rotatable bonds is 4. The van der Waals surface area contributed by atoms with Gasteiger partial charge in [0.2, 0.25) is 4.96 Å². The van der Waals surface area contributed by atoms with E-state index in [1.807, 2.05) is 13.1 Å². The van der Waals surface area contributed by atoms with Crippen LogP contribution in [0.4, 0.5) is 0 Å². The van der Waals surface area contributed by atoms with E-state index in [2.05, 4.69) is 38.8 Å². The van der Waals surface area contributed by atoms with Crippen LogP contribution in [0.15, 0.2) is 30.6 Å². The van der Waals surface area contributed by atoms with Gasteiger partial charge in [-0.3, -0.25) is 0 Å². The summed E-state index contributed by atoms with van der Waals surface area (Å²) in [7, 11) is 1.96. The fourth-order valence-corrected chi connectivity index (χ4v) is 2.76. The Labute approximate surface area is 108 Å². The van der Waals surface area contributed by atoms with Gasteiger partial charge in [0.05, 0.1) is 0 Å². The molecule has 0 unspecified atom stereocenters. The number of aromatic nitrogens is 4. The van der Waals surface area contributed by atoms with Crippen LogP contribution in [0.1, 0.15) is 5.56 Å². The zero-order valence-corrected chi connectivity index (χ0v) is 10.8. The molecule has 2 aromatic heterocycles. The minimum atomic E-state index is 0.827. The van der Waals surface area contributed by atoms with Crippen LogP contribution in [0, 0.1) is 0 Å². The van der Waals surface area contributed by atoms with Gasteiger partial charge in [0.25, 0.3) is 0 Å². The van der Waals surface area contributed by atoms with Gasteiger partial charge >= 0.3 is 0 Å². The van der Waals surface area contributed by atoms with E-state index in [0.29, 0.717) is 0 Å². The molecule has 0 saturated heterocycles. The van der Waals surface area contributed by atoms with E-state index in [4.69, 9.17) is 0 Å². The van der Waals surface area contributed by atoms with E-state index in [1.54, 1.807) is 22.2 Å². The molecule has 0 radical (unpaired) electrons. The third-order valence-corrected chi connectivity index (χ3v) is 3.73. The van der Waals surface area contributed by atoms with Crippen molar-refractivity contribution in [2.75, 3.05) is 13.6 Å². The third-order valence-electron chi connectivity index (χ3n) is 2.78. The lowest BCUT2D eigenvalue weighted by Gasteiger charge is -2.05. The topological polar surface area (TPSA) is 55.1 Å². The van der Waals surface area contributed by atoms with Crippen LogP contribution in [-0.4, -0.2) is 33.4 Å². The summed E-state index contributed by atoms with van der Waals surface area (Å²) in [4.78, 5) is 0.827. The summed E-state index contributed by atoms with van der Waals surface area (Å²) in [5.41, 5.74) is 2.49. The largest absolute Gasteiger partial charge is 0.319 e. The Morgan fingerprint density at radius 1 is 1.33 bits per heavy atom. The Morgan fingerprint density at radius 3 is 3.06 bits per heavy atom. The molecular formula is C12H13N5S. The van der Waals surface area contributed by atoms with Crippen molar-refractivity contribution >= 4 is 16.3 Å². The Hall–Kier alpha value is -1.79. The first-order chi connectivity index (χ1) is 8.88. The summed E-state index contributed by atoms with van der Waals surface area (Å²) in [5, 5.41) is 16.5. The van der Waals surface area contributed by atoms with Crippen LogP contribution in [0.2, 0.25) is 0 Å². The molecule has 2 heterocycles. The predicted octanol–water partition coefficient (Wildman–Crippen LogP) is 1.61. The van der Waals surface area contributed by atoms with Crippen LogP contribution < -0.4 is 5.32 Å². The third kappa shape index (κ3) is 2.00. The fourth-order valence-electron chi connectivity index (χ4n) is 1.88. The number of likely N-dealkylation sites (N-methyl/N-ethyl adjacent to an activating group) is 1. The molecule has 0 fully saturated rings. The molecule has 1 aromatic carbocycles. The highest BCUT2D eigenvalue weighted by molar-refractivity contribution is 7.19. The summed E-state index contributed by atoms with van der Waals surface area (Å²) >= 11 is 1.56. The Morgan fingerprint density at radius 2 is 2.22 bits per heavy atom. The van der Waals surface area contributed by atoms with Crippen molar-refractivity contribution in [2.45, 2.75) is 6.42 Å². The van der Waals surface area contributed by atoms with Crippen LogP contribution in [0.5, 0.6) is 0 Å². The van der Waals surface area contributed by atoms with Crippen molar-refractivity contribution in [3.63, 3.8) is 0 Å². The number of nitrogens with one attached hydrogen (secondary N) is 1. The maximum atomic E-state index is 4.50. The average Bonchev–Trinajstić information content (AvgIpc) is 2.97. The summed E-state index contributed by atoms with van der Waals surface area (Å²) in [5.74, 6) is 0. The van der Waals surface area contributed by atoms with Crippen molar-refractivity contribution in [2.24, 2.45) is 0 Å². The average molecular weight is 259 g/mol. The van der Waals surface area contributed by atoms with Crippen molar-refractivity contribution in [1.82, 2.24) is 25.1 Å². The maximum Gasteiger partial charge on any atom is 0.234 e. The summed E-state index contributed by atoms with van der Waals surface area (Å²) in [6, 6.07) is 8.36. The number of fused-ring (bicyclic) bond motifs is 1. The van der Waals surface area contributed by atoms with Gasteiger partial charge in [0.15, 0.2) is 0 Å². The molecule has 3 rings (SSSR count). The molecule has 5 nitrogen and oxygen atoms in total. The zero-order valence-electron chi connectivity index (χ0n) is 10.00. The van der Waals surface area contributed by atoms with Gasteiger partial charge in [-0.1, -0.05) is 35.6 Å². The monoisotopic (exact) mass is 259 g/mol. The predicted molar refractivity (Wildman–Crippen MR) is 71.7 cm³/mol. The lowest BCUT2D eigenvalue weighted by Crippen LogP contribution is -2.10. The highest BCUT2D eigenvalue weighted by Crippen LogP contribution is 2.27. The molecule has 3 aromatic rings. The van der Waals surface area contributed by atoms with Gasteiger partial charge in [0, 0.05) is 5.56 Å². The number of benzene rings is 1. The maximum absolute atomic E-state index is 4.50. The van der Waals surface area contributed by atoms with Gasteiger partial charge in [-0.25, -0.2) is 0 Å². The summed E-state index contributed by atoms with van der Waals surface area (Å²) in [6.07, 6.45) is 2.62. The molecule has 1 N–H and O–H groups in total. The zero-order chi connectivity index (χ0) is 12.4. The summed E-state index contributed by atoms with van der Waals surface area (Å²) in [6.45, 7) is 0.959. The first-order valence-electron chi connectivity index (χ1n) is 5.78. The lowest BCUT2D eigenvalue weighted by molar-refractivity contribution is 0.792. The molecule has 0 aliphatic rings. The second-order valence-corrected chi connectivity index (χ2v) is 4.93. The smallest absolute Gasteiger partial charge is 0.234 e. The highest BCUT2D eigenvalue weighted by Gasteiger charge is 2.10. The molecule has 0 spiro atoms. The highest BCUT2D eigenvalue weighted by atomic mass is 32.1. The summed E-state index contributed by atoms with van der Waals surface area (Å²) < 4.78 is 1.72. The van der Waals surface area contributed by atoms with Gasteiger partial charge in [-0.05, 0) is 25.6 Å². The Kier molecular flexibility index (Phi) is 3.04. The molecule has 0 aliphatic carbocycles. The van der Waals surface area contributed by atoms with Gasteiger partial charge in [-0.2, -0.15) is 9.61 Å². The van der Waals surface area contributed by atoms with E-state index < -0.39 is 0 Å². The normalized spacial score (nSPS) is 11.2. The molecule has 18 heavy (non-hydrogen) atoms. The molecule has 0 saturated carbocycles. The minimum Gasteiger partial charge on any atom is -0.319 e. The minimum absolute atomic E-state index is 0.827. The van der Waals surface area contributed by atoms with Crippen LogP contribution in [0.25, 0.3) is 15.5 Å². The van der Waals surface area contributed by atoms with Crippen molar-refractivity contribution in [3.8, 4) is 10.6 Å². The molecule has 0 atom stereocenters. The quantitative estimate of drug-likeness (QED) is 0.773. The lowest BCUT2D eigenvalue weighted by atomic mass is 10.1. The first kappa shape index (κ1) is 11.3. The van der Waals surface area contributed by atoms with E-state index >= 15 is 0 Å².